The largest absolute Gasteiger partial charge is 0.496 e. The van der Waals surface area contributed by atoms with Gasteiger partial charge in [0.25, 0.3) is 0 Å². The molecule has 1 aliphatic rings. The molecular weight excluding hydrogens is 227 g/mol. The molecule has 17 heavy (non-hydrogen) atoms. The molecule has 92 valence electrons. The predicted molar refractivity (Wildman–Crippen MR) is 57.6 cm³/mol. The minimum absolute atomic E-state index is 0.0693. The molecule has 0 spiro atoms. The van der Waals surface area contributed by atoms with Gasteiger partial charge in [-0.1, -0.05) is 0 Å². The van der Waals surface area contributed by atoms with E-state index in [9.17, 15) is 9.18 Å². The Hall–Kier alpha value is -1.46. The van der Waals surface area contributed by atoms with Crippen LogP contribution >= 0.6 is 0 Å². The first-order chi connectivity index (χ1) is 8.20. The van der Waals surface area contributed by atoms with Gasteiger partial charge in [0.05, 0.1) is 32.3 Å². The molecule has 0 saturated carbocycles. The molecule has 0 aromatic heterocycles. The summed E-state index contributed by atoms with van der Waals surface area (Å²) >= 11 is 0. The Morgan fingerprint density at radius 3 is 2.82 bits per heavy atom. The summed E-state index contributed by atoms with van der Waals surface area (Å²) in [6, 6.07) is 3.84. The number of benzene rings is 1. The Morgan fingerprint density at radius 2 is 2.18 bits per heavy atom. The summed E-state index contributed by atoms with van der Waals surface area (Å²) in [5, 5.41) is 0. The van der Waals surface area contributed by atoms with Crippen molar-refractivity contribution in [1.82, 2.24) is 0 Å². The zero-order chi connectivity index (χ0) is 12.3. The van der Waals surface area contributed by atoms with Crippen molar-refractivity contribution in [1.29, 1.82) is 0 Å². The van der Waals surface area contributed by atoms with E-state index in [2.05, 4.69) is 0 Å². The number of ether oxygens (including phenoxy) is 3. The van der Waals surface area contributed by atoms with Crippen molar-refractivity contribution in [3.63, 3.8) is 0 Å². The van der Waals surface area contributed by atoms with Crippen molar-refractivity contribution in [3.8, 4) is 5.75 Å². The number of hydrogen-bond donors (Lipinski definition) is 0. The van der Waals surface area contributed by atoms with Crippen LogP contribution in [0.1, 0.15) is 16.8 Å². The monoisotopic (exact) mass is 240 g/mol. The molecule has 1 saturated heterocycles. The Kier molecular flexibility index (Phi) is 3.71. The van der Waals surface area contributed by atoms with E-state index in [-0.39, 0.29) is 17.8 Å². The molecule has 0 unspecified atom stereocenters. The molecule has 0 bridgehead atoms. The first-order valence-electron chi connectivity index (χ1n) is 5.30. The topological polar surface area (TPSA) is 44.8 Å². The van der Waals surface area contributed by atoms with Gasteiger partial charge in [-0.15, -0.1) is 0 Å². The number of carbonyl (C=O) groups excluding carboxylic acids is 1. The van der Waals surface area contributed by atoms with E-state index >= 15 is 0 Å². The molecule has 5 heteroatoms. The standard InChI is InChI=1S/C12H13FO4/c1-15-11-3-2-8(13)6-9(11)10(14)7-12-16-4-5-17-12/h2-3,6,12H,4-5,7H2,1H3. The first-order valence-corrected chi connectivity index (χ1v) is 5.30. The van der Waals surface area contributed by atoms with Gasteiger partial charge in [0, 0.05) is 0 Å². The van der Waals surface area contributed by atoms with Crippen molar-refractivity contribution in [2.75, 3.05) is 20.3 Å². The third kappa shape index (κ3) is 2.81. The predicted octanol–water partition coefficient (Wildman–Crippen LogP) is 1.78. The Bertz CT molecular complexity index is 413. The molecule has 2 rings (SSSR count). The summed E-state index contributed by atoms with van der Waals surface area (Å²) in [4.78, 5) is 11.9. The lowest BCUT2D eigenvalue weighted by Crippen LogP contribution is -2.15. The fourth-order valence-corrected chi connectivity index (χ4v) is 1.68. The summed E-state index contributed by atoms with van der Waals surface area (Å²) < 4.78 is 28.4. The van der Waals surface area contributed by atoms with E-state index in [0.29, 0.717) is 19.0 Å². The normalized spacial score (nSPS) is 16.1. The van der Waals surface area contributed by atoms with Crippen molar-refractivity contribution in [3.05, 3.63) is 29.6 Å². The Labute approximate surface area is 98.3 Å². The Balaban J connectivity index is 2.14. The highest BCUT2D eigenvalue weighted by atomic mass is 19.1. The summed E-state index contributed by atoms with van der Waals surface area (Å²) in [6.45, 7) is 0.969. The summed E-state index contributed by atoms with van der Waals surface area (Å²) in [5.41, 5.74) is 0.214. The van der Waals surface area contributed by atoms with Crippen molar-refractivity contribution in [2.24, 2.45) is 0 Å². The van der Waals surface area contributed by atoms with Gasteiger partial charge in [-0.05, 0) is 18.2 Å². The van der Waals surface area contributed by atoms with Gasteiger partial charge >= 0.3 is 0 Å². The average molecular weight is 240 g/mol. The minimum Gasteiger partial charge on any atom is -0.496 e. The van der Waals surface area contributed by atoms with Gasteiger partial charge in [0.15, 0.2) is 12.1 Å². The molecule has 1 fully saturated rings. The van der Waals surface area contributed by atoms with Crippen LogP contribution in [-0.2, 0) is 9.47 Å². The lowest BCUT2D eigenvalue weighted by molar-refractivity contribution is -0.0407. The summed E-state index contributed by atoms with van der Waals surface area (Å²) in [6.07, 6.45) is -0.463. The second kappa shape index (κ2) is 5.25. The van der Waals surface area contributed by atoms with E-state index in [1.807, 2.05) is 0 Å². The van der Waals surface area contributed by atoms with Crippen LogP contribution in [0.3, 0.4) is 0 Å². The maximum absolute atomic E-state index is 13.1. The molecule has 1 heterocycles. The lowest BCUT2D eigenvalue weighted by Gasteiger charge is -2.10. The van der Waals surface area contributed by atoms with Gasteiger partial charge in [-0.3, -0.25) is 4.79 Å². The van der Waals surface area contributed by atoms with E-state index in [0.717, 1.165) is 6.07 Å². The van der Waals surface area contributed by atoms with Crippen LogP contribution in [0.4, 0.5) is 4.39 Å². The van der Waals surface area contributed by atoms with E-state index in [1.54, 1.807) is 0 Å². The highest BCUT2D eigenvalue weighted by Gasteiger charge is 2.22. The second-order valence-corrected chi connectivity index (χ2v) is 3.64. The molecule has 0 N–H and O–H groups in total. The van der Waals surface area contributed by atoms with Gasteiger partial charge in [-0.2, -0.15) is 0 Å². The number of rotatable bonds is 4. The molecule has 0 aliphatic carbocycles. The number of hydrogen-bond acceptors (Lipinski definition) is 4. The van der Waals surface area contributed by atoms with Crippen molar-refractivity contribution < 1.29 is 23.4 Å². The van der Waals surface area contributed by atoms with E-state index < -0.39 is 12.1 Å². The maximum Gasteiger partial charge on any atom is 0.171 e. The van der Waals surface area contributed by atoms with Gasteiger partial charge < -0.3 is 14.2 Å². The number of methoxy groups -OCH3 is 1. The highest BCUT2D eigenvalue weighted by Crippen LogP contribution is 2.22. The highest BCUT2D eigenvalue weighted by molar-refractivity contribution is 5.98. The molecule has 4 nitrogen and oxygen atoms in total. The van der Waals surface area contributed by atoms with E-state index in [1.165, 1.54) is 19.2 Å². The van der Waals surface area contributed by atoms with Gasteiger partial charge in [0.2, 0.25) is 0 Å². The lowest BCUT2D eigenvalue weighted by atomic mass is 10.1. The van der Waals surface area contributed by atoms with Crippen LogP contribution in [0.2, 0.25) is 0 Å². The summed E-state index contributed by atoms with van der Waals surface area (Å²) in [5.74, 6) is -0.370. The van der Waals surface area contributed by atoms with Crippen LogP contribution in [0.5, 0.6) is 5.75 Å². The third-order valence-corrected chi connectivity index (χ3v) is 2.50. The molecule has 1 aliphatic heterocycles. The quantitative estimate of drug-likeness (QED) is 0.752. The molecule has 0 atom stereocenters. The first kappa shape index (κ1) is 12.0. The smallest absolute Gasteiger partial charge is 0.171 e. The average Bonchev–Trinajstić information content (AvgIpc) is 2.81. The second-order valence-electron chi connectivity index (χ2n) is 3.64. The van der Waals surface area contributed by atoms with Crippen LogP contribution in [0.15, 0.2) is 18.2 Å². The number of carbonyl (C=O) groups is 1. The zero-order valence-electron chi connectivity index (χ0n) is 9.44. The molecule has 0 radical (unpaired) electrons. The van der Waals surface area contributed by atoms with Gasteiger partial charge in [0.1, 0.15) is 11.6 Å². The maximum atomic E-state index is 13.1. The van der Waals surface area contributed by atoms with Gasteiger partial charge in [-0.25, -0.2) is 4.39 Å². The molecular formula is C12H13FO4. The molecule has 0 amide bonds. The zero-order valence-corrected chi connectivity index (χ0v) is 9.44. The van der Waals surface area contributed by atoms with Crippen LogP contribution in [0, 0.1) is 5.82 Å². The summed E-state index contributed by atoms with van der Waals surface area (Å²) in [7, 11) is 1.44. The fraction of sp³-hybridized carbons (Fsp3) is 0.417. The Morgan fingerprint density at radius 1 is 1.47 bits per heavy atom. The van der Waals surface area contributed by atoms with Crippen molar-refractivity contribution in [2.45, 2.75) is 12.7 Å². The molecule has 1 aromatic rings. The van der Waals surface area contributed by atoms with Crippen molar-refractivity contribution >= 4 is 5.78 Å². The SMILES string of the molecule is COc1ccc(F)cc1C(=O)CC1OCCO1. The number of Topliss-reactive ketones (excluding diaryl/α,β-unsaturated/α-hetero) is 1. The number of ketones is 1. The third-order valence-electron chi connectivity index (χ3n) is 2.50. The van der Waals surface area contributed by atoms with E-state index in [4.69, 9.17) is 14.2 Å². The van der Waals surface area contributed by atoms with Crippen LogP contribution in [-0.4, -0.2) is 32.4 Å². The fourth-order valence-electron chi connectivity index (χ4n) is 1.68. The molecule has 1 aromatic carbocycles. The van der Waals surface area contributed by atoms with Crippen LogP contribution < -0.4 is 4.74 Å². The minimum atomic E-state index is -0.532. The van der Waals surface area contributed by atoms with Crippen LogP contribution in [0.25, 0.3) is 0 Å². The number of halogens is 1.